The van der Waals surface area contributed by atoms with Gasteiger partial charge in [0.05, 0.1) is 11.6 Å². The molecule has 0 radical (unpaired) electrons. The number of hydrogen-bond donors (Lipinski definition) is 1. The van der Waals surface area contributed by atoms with Gasteiger partial charge in [-0.1, -0.05) is 30.5 Å². The van der Waals surface area contributed by atoms with Crippen molar-refractivity contribution in [3.05, 3.63) is 28.8 Å². The largest absolute Gasteiger partial charge is 0.492 e. The van der Waals surface area contributed by atoms with E-state index in [9.17, 15) is 0 Å². The van der Waals surface area contributed by atoms with Crippen LogP contribution in [0.4, 0.5) is 0 Å². The van der Waals surface area contributed by atoms with Gasteiger partial charge in [0.15, 0.2) is 0 Å². The van der Waals surface area contributed by atoms with Gasteiger partial charge < -0.3 is 10.5 Å². The van der Waals surface area contributed by atoms with Crippen molar-refractivity contribution in [1.82, 2.24) is 0 Å². The molecular weight excluding hydrogens is 222 g/mol. The zero-order valence-electron chi connectivity index (χ0n) is 9.63. The summed E-state index contributed by atoms with van der Waals surface area (Å²) in [5.74, 6) is 0.749. The number of hydrogen-bond acceptors (Lipinski definition) is 2. The Hall–Kier alpha value is -0.730. The smallest absolute Gasteiger partial charge is 0.138 e. The number of benzene rings is 1. The molecule has 0 aliphatic heterocycles. The van der Waals surface area contributed by atoms with Gasteiger partial charge in [0.1, 0.15) is 5.75 Å². The van der Waals surface area contributed by atoms with Gasteiger partial charge in [-0.3, -0.25) is 0 Å². The lowest BCUT2D eigenvalue weighted by molar-refractivity contribution is 0.338. The first kappa shape index (κ1) is 11.7. The van der Waals surface area contributed by atoms with Crippen LogP contribution < -0.4 is 10.5 Å². The molecule has 1 fully saturated rings. The summed E-state index contributed by atoms with van der Waals surface area (Å²) in [5, 5.41) is 0.659. The maximum Gasteiger partial charge on any atom is 0.138 e. The minimum atomic E-state index is -0.170. The van der Waals surface area contributed by atoms with Crippen molar-refractivity contribution < 1.29 is 4.74 Å². The van der Waals surface area contributed by atoms with Crippen LogP contribution in [0.1, 0.15) is 38.2 Å². The van der Waals surface area contributed by atoms with E-state index in [0.29, 0.717) is 11.6 Å². The Labute approximate surface area is 102 Å². The minimum Gasteiger partial charge on any atom is -0.492 e. The molecule has 0 saturated heterocycles. The molecule has 1 saturated carbocycles. The van der Waals surface area contributed by atoms with Crippen molar-refractivity contribution >= 4 is 11.6 Å². The summed E-state index contributed by atoms with van der Waals surface area (Å²) in [7, 11) is 0. The third-order valence-corrected chi connectivity index (χ3v) is 3.61. The molecule has 1 aromatic carbocycles. The molecule has 0 atom stereocenters. The second-order valence-corrected chi connectivity index (χ2v) is 4.85. The highest BCUT2D eigenvalue weighted by Crippen LogP contribution is 2.39. The number of halogens is 1. The second kappa shape index (κ2) is 4.64. The van der Waals surface area contributed by atoms with Crippen molar-refractivity contribution in [2.75, 3.05) is 6.61 Å². The summed E-state index contributed by atoms with van der Waals surface area (Å²) in [6.07, 6.45) is 4.53. The van der Waals surface area contributed by atoms with Crippen LogP contribution in [-0.2, 0) is 5.54 Å². The van der Waals surface area contributed by atoms with Crippen molar-refractivity contribution in [3.63, 3.8) is 0 Å². The fourth-order valence-corrected chi connectivity index (χ4v) is 2.55. The molecular formula is C13H18ClNO. The van der Waals surface area contributed by atoms with E-state index in [-0.39, 0.29) is 5.54 Å². The second-order valence-electron chi connectivity index (χ2n) is 4.44. The van der Waals surface area contributed by atoms with E-state index in [1.165, 1.54) is 12.8 Å². The lowest BCUT2D eigenvalue weighted by Gasteiger charge is -2.25. The Morgan fingerprint density at radius 3 is 2.69 bits per heavy atom. The molecule has 1 aromatic rings. The molecule has 2 rings (SSSR count). The lowest BCUT2D eigenvalue weighted by atomic mass is 9.89. The summed E-state index contributed by atoms with van der Waals surface area (Å²) >= 11 is 6.06. The SMILES string of the molecule is CCOc1cc(C2(N)CCCC2)ccc1Cl. The van der Waals surface area contributed by atoms with E-state index < -0.39 is 0 Å². The van der Waals surface area contributed by atoms with Gasteiger partial charge in [0.2, 0.25) is 0 Å². The molecule has 2 N–H and O–H groups in total. The average Bonchev–Trinajstić information content (AvgIpc) is 2.70. The fraction of sp³-hybridized carbons (Fsp3) is 0.538. The molecule has 88 valence electrons. The summed E-state index contributed by atoms with van der Waals surface area (Å²) in [5.41, 5.74) is 7.38. The molecule has 3 heteroatoms. The fourth-order valence-electron chi connectivity index (χ4n) is 2.37. The first-order valence-corrected chi connectivity index (χ1v) is 6.25. The Kier molecular flexibility index (Phi) is 3.41. The standard InChI is InChI=1S/C13H18ClNO/c1-2-16-12-9-10(5-6-11(12)14)13(15)7-3-4-8-13/h5-6,9H,2-4,7-8,15H2,1H3. The quantitative estimate of drug-likeness (QED) is 0.877. The maximum absolute atomic E-state index is 6.40. The van der Waals surface area contributed by atoms with E-state index in [4.69, 9.17) is 22.1 Å². The Balaban J connectivity index is 2.31. The highest BCUT2D eigenvalue weighted by Gasteiger charge is 2.31. The predicted octanol–water partition coefficient (Wildman–Crippen LogP) is 3.47. The Morgan fingerprint density at radius 1 is 1.38 bits per heavy atom. The number of rotatable bonds is 3. The van der Waals surface area contributed by atoms with Crippen LogP contribution in [0.25, 0.3) is 0 Å². The highest BCUT2D eigenvalue weighted by molar-refractivity contribution is 6.32. The minimum absolute atomic E-state index is 0.170. The zero-order valence-corrected chi connectivity index (χ0v) is 10.4. The van der Waals surface area contributed by atoms with Gasteiger partial charge in [-0.15, -0.1) is 0 Å². The molecule has 0 unspecified atom stereocenters. The van der Waals surface area contributed by atoms with Crippen LogP contribution in [0, 0.1) is 0 Å². The van der Waals surface area contributed by atoms with Gasteiger partial charge in [0, 0.05) is 5.54 Å². The first-order chi connectivity index (χ1) is 7.65. The van der Waals surface area contributed by atoms with Crippen LogP contribution in [0.3, 0.4) is 0 Å². The third-order valence-electron chi connectivity index (χ3n) is 3.30. The molecule has 0 spiro atoms. The van der Waals surface area contributed by atoms with Crippen LogP contribution in [-0.4, -0.2) is 6.61 Å². The molecule has 0 bridgehead atoms. The topological polar surface area (TPSA) is 35.2 Å². The van der Waals surface area contributed by atoms with Gasteiger partial charge in [-0.05, 0) is 37.5 Å². The van der Waals surface area contributed by atoms with Gasteiger partial charge in [-0.25, -0.2) is 0 Å². The molecule has 16 heavy (non-hydrogen) atoms. The van der Waals surface area contributed by atoms with Gasteiger partial charge in [0.25, 0.3) is 0 Å². The predicted molar refractivity (Wildman–Crippen MR) is 67.0 cm³/mol. The van der Waals surface area contributed by atoms with Crippen LogP contribution in [0.15, 0.2) is 18.2 Å². The molecule has 1 aliphatic carbocycles. The Bertz CT molecular complexity index is 372. The molecule has 2 nitrogen and oxygen atoms in total. The summed E-state index contributed by atoms with van der Waals surface area (Å²) in [6.45, 7) is 2.58. The summed E-state index contributed by atoms with van der Waals surface area (Å²) in [6, 6.07) is 5.90. The highest BCUT2D eigenvalue weighted by atomic mass is 35.5. The molecule has 1 aliphatic rings. The first-order valence-electron chi connectivity index (χ1n) is 5.87. The van der Waals surface area contributed by atoms with Gasteiger partial charge >= 0.3 is 0 Å². The maximum atomic E-state index is 6.40. The molecule has 0 aromatic heterocycles. The van der Waals surface area contributed by atoms with Crippen molar-refractivity contribution in [2.45, 2.75) is 38.1 Å². The zero-order chi connectivity index (χ0) is 11.6. The van der Waals surface area contributed by atoms with Crippen molar-refractivity contribution in [3.8, 4) is 5.75 Å². The molecule has 0 amide bonds. The Morgan fingerprint density at radius 2 is 2.06 bits per heavy atom. The van der Waals surface area contributed by atoms with Crippen molar-refractivity contribution in [1.29, 1.82) is 0 Å². The van der Waals surface area contributed by atoms with Crippen LogP contribution in [0.5, 0.6) is 5.75 Å². The molecule has 0 heterocycles. The summed E-state index contributed by atoms with van der Waals surface area (Å²) in [4.78, 5) is 0. The van der Waals surface area contributed by atoms with Gasteiger partial charge in [-0.2, -0.15) is 0 Å². The number of ether oxygens (including phenoxy) is 1. The van der Waals surface area contributed by atoms with E-state index in [1.807, 2.05) is 25.1 Å². The normalized spacial score (nSPS) is 18.7. The van der Waals surface area contributed by atoms with E-state index in [0.717, 1.165) is 24.2 Å². The lowest BCUT2D eigenvalue weighted by Crippen LogP contribution is -2.33. The van der Waals surface area contributed by atoms with Crippen LogP contribution >= 0.6 is 11.6 Å². The third kappa shape index (κ3) is 2.18. The van der Waals surface area contributed by atoms with E-state index >= 15 is 0 Å². The van der Waals surface area contributed by atoms with Crippen LogP contribution in [0.2, 0.25) is 5.02 Å². The van der Waals surface area contributed by atoms with Crippen molar-refractivity contribution in [2.24, 2.45) is 5.73 Å². The summed E-state index contributed by atoms with van der Waals surface area (Å²) < 4.78 is 5.49. The monoisotopic (exact) mass is 239 g/mol. The van der Waals surface area contributed by atoms with E-state index in [2.05, 4.69) is 0 Å². The average molecular weight is 240 g/mol. The number of nitrogens with two attached hydrogens (primary N) is 1. The van der Waals surface area contributed by atoms with E-state index in [1.54, 1.807) is 0 Å².